The second-order valence-electron chi connectivity index (χ2n) is 7.61. The molecule has 1 fully saturated rings. The predicted octanol–water partition coefficient (Wildman–Crippen LogP) is 1.80. The van der Waals surface area contributed by atoms with E-state index in [-0.39, 0.29) is 37.7 Å². The van der Waals surface area contributed by atoms with Crippen molar-refractivity contribution >= 4 is 27.6 Å². The molecule has 0 saturated carbocycles. The van der Waals surface area contributed by atoms with Crippen LogP contribution in [0, 0.1) is 12.7 Å². The van der Waals surface area contributed by atoms with Crippen LogP contribution in [0.5, 0.6) is 0 Å². The monoisotopic (exact) mass is 478 g/mol. The fraction of sp³-hybridized carbons (Fsp3) is 0.364. The molecule has 33 heavy (non-hydrogen) atoms. The summed E-state index contributed by atoms with van der Waals surface area (Å²) in [5, 5.41) is 5.41. The van der Waals surface area contributed by atoms with Crippen LogP contribution in [-0.4, -0.2) is 75.5 Å². The van der Waals surface area contributed by atoms with E-state index in [4.69, 9.17) is 4.74 Å². The molecule has 2 aromatic carbocycles. The Morgan fingerprint density at radius 3 is 2.39 bits per heavy atom. The van der Waals surface area contributed by atoms with E-state index >= 15 is 0 Å². The van der Waals surface area contributed by atoms with Gasteiger partial charge in [-0.3, -0.25) is 4.79 Å². The first-order chi connectivity index (χ1) is 15.7. The third-order valence-electron chi connectivity index (χ3n) is 5.25. The lowest BCUT2D eigenvalue weighted by atomic mass is 10.2. The molecule has 0 bridgehead atoms. The number of nitrogens with zero attached hydrogens (tertiary/aromatic N) is 2. The number of hydrogen-bond acceptors (Lipinski definition) is 5. The Bertz CT molecular complexity index is 1080. The van der Waals surface area contributed by atoms with Crippen molar-refractivity contribution in [1.82, 2.24) is 14.5 Å². The Hall–Kier alpha value is -3.02. The van der Waals surface area contributed by atoms with E-state index < -0.39 is 33.8 Å². The summed E-state index contributed by atoms with van der Waals surface area (Å²) in [6.07, 6.45) is 0. The lowest BCUT2D eigenvalue weighted by Crippen LogP contribution is -2.62. The second kappa shape index (κ2) is 10.7. The minimum Gasteiger partial charge on any atom is -0.383 e. The molecule has 2 aromatic rings. The number of amides is 3. The van der Waals surface area contributed by atoms with Crippen molar-refractivity contribution in [2.75, 3.05) is 45.2 Å². The molecule has 1 aliphatic rings. The standard InChI is InChI=1S/C22H27FN4O5S/c1-16-3-7-18(8-4-16)25-22(29)26-12-13-27(20(15-26)21(28)24-11-14-32-2)33(30,31)19-9-5-17(23)6-10-19/h3-10,20H,11-15H2,1-2H3,(H,24,28)(H,25,29). The number of halogens is 1. The summed E-state index contributed by atoms with van der Waals surface area (Å²) in [6.45, 7) is 2.21. The highest BCUT2D eigenvalue weighted by Gasteiger charge is 2.41. The zero-order chi connectivity index (χ0) is 24.0. The normalized spacial score (nSPS) is 16.9. The van der Waals surface area contributed by atoms with Gasteiger partial charge in [-0.05, 0) is 43.3 Å². The smallest absolute Gasteiger partial charge is 0.321 e. The molecule has 178 valence electrons. The molecule has 0 spiro atoms. The third-order valence-corrected chi connectivity index (χ3v) is 7.17. The molecular formula is C22H27FN4O5S. The van der Waals surface area contributed by atoms with Gasteiger partial charge in [0.2, 0.25) is 15.9 Å². The zero-order valence-corrected chi connectivity index (χ0v) is 19.3. The number of benzene rings is 2. The van der Waals surface area contributed by atoms with Crippen molar-refractivity contribution in [3.8, 4) is 0 Å². The lowest BCUT2D eigenvalue weighted by molar-refractivity contribution is -0.126. The molecule has 1 unspecified atom stereocenters. The van der Waals surface area contributed by atoms with Gasteiger partial charge in [-0.15, -0.1) is 0 Å². The van der Waals surface area contributed by atoms with Crippen LogP contribution in [-0.2, 0) is 19.6 Å². The summed E-state index contributed by atoms with van der Waals surface area (Å²) in [7, 11) is -2.62. The molecule has 1 heterocycles. The van der Waals surface area contributed by atoms with E-state index in [9.17, 15) is 22.4 Å². The molecule has 3 rings (SSSR count). The summed E-state index contributed by atoms with van der Waals surface area (Å²) >= 11 is 0. The van der Waals surface area contributed by atoms with E-state index in [0.717, 1.165) is 34.1 Å². The largest absolute Gasteiger partial charge is 0.383 e. The first-order valence-electron chi connectivity index (χ1n) is 10.4. The Balaban J connectivity index is 1.81. The van der Waals surface area contributed by atoms with Crippen molar-refractivity contribution in [1.29, 1.82) is 0 Å². The van der Waals surface area contributed by atoms with Gasteiger partial charge in [-0.1, -0.05) is 17.7 Å². The first-order valence-corrected chi connectivity index (χ1v) is 11.8. The molecule has 1 saturated heterocycles. The first kappa shape index (κ1) is 24.6. The Kier molecular flexibility index (Phi) is 8.01. The van der Waals surface area contributed by atoms with E-state index in [2.05, 4.69) is 10.6 Å². The maximum Gasteiger partial charge on any atom is 0.321 e. The number of urea groups is 1. The van der Waals surface area contributed by atoms with Gasteiger partial charge in [-0.25, -0.2) is 17.6 Å². The summed E-state index contributed by atoms with van der Waals surface area (Å²) in [6, 6.07) is 10.0. The van der Waals surface area contributed by atoms with Gasteiger partial charge in [0.25, 0.3) is 0 Å². The van der Waals surface area contributed by atoms with Crippen LogP contribution in [0.2, 0.25) is 0 Å². The molecule has 0 aromatic heterocycles. The van der Waals surface area contributed by atoms with Gasteiger partial charge in [-0.2, -0.15) is 4.31 Å². The van der Waals surface area contributed by atoms with Gasteiger partial charge in [0.1, 0.15) is 11.9 Å². The number of sulfonamides is 1. The molecule has 0 radical (unpaired) electrons. The van der Waals surface area contributed by atoms with Crippen LogP contribution < -0.4 is 10.6 Å². The average molecular weight is 479 g/mol. The zero-order valence-electron chi connectivity index (χ0n) is 18.5. The Labute approximate surface area is 192 Å². The predicted molar refractivity (Wildman–Crippen MR) is 121 cm³/mol. The van der Waals surface area contributed by atoms with Crippen LogP contribution in [0.3, 0.4) is 0 Å². The highest BCUT2D eigenvalue weighted by Crippen LogP contribution is 2.23. The minimum atomic E-state index is -4.10. The number of anilines is 1. The summed E-state index contributed by atoms with van der Waals surface area (Å²) in [4.78, 5) is 27.0. The average Bonchev–Trinajstić information content (AvgIpc) is 2.80. The lowest BCUT2D eigenvalue weighted by Gasteiger charge is -2.39. The maximum absolute atomic E-state index is 13.3. The van der Waals surface area contributed by atoms with Gasteiger partial charge >= 0.3 is 6.03 Å². The van der Waals surface area contributed by atoms with Crippen molar-refractivity contribution in [3.05, 3.63) is 59.9 Å². The molecule has 2 N–H and O–H groups in total. The van der Waals surface area contributed by atoms with Crippen molar-refractivity contribution < 1.29 is 27.1 Å². The van der Waals surface area contributed by atoms with Gasteiger partial charge in [0.05, 0.1) is 11.5 Å². The SMILES string of the molecule is COCCNC(=O)C1CN(C(=O)Nc2ccc(C)cc2)CCN1S(=O)(=O)c1ccc(F)cc1. The highest BCUT2D eigenvalue weighted by molar-refractivity contribution is 7.89. The van der Waals surface area contributed by atoms with E-state index in [0.29, 0.717) is 5.69 Å². The van der Waals surface area contributed by atoms with Crippen LogP contribution in [0.15, 0.2) is 53.4 Å². The van der Waals surface area contributed by atoms with E-state index in [1.807, 2.05) is 19.1 Å². The fourth-order valence-corrected chi connectivity index (χ4v) is 5.00. The molecule has 1 atom stereocenters. The number of carbonyl (C=O) groups excluding carboxylic acids is 2. The number of carbonyl (C=O) groups is 2. The Morgan fingerprint density at radius 1 is 1.09 bits per heavy atom. The number of aryl methyl sites for hydroxylation is 1. The number of rotatable bonds is 7. The molecule has 11 heteroatoms. The molecule has 0 aliphatic carbocycles. The summed E-state index contributed by atoms with van der Waals surface area (Å²) < 4.78 is 45.7. The second-order valence-corrected chi connectivity index (χ2v) is 9.50. The molecule has 9 nitrogen and oxygen atoms in total. The topological polar surface area (TPSA) is 108 Å². The molecule has 3 amide bonds. The number of methoxy groups -OCH3 is 1. The summed E-state index contributed by atoms with van der Waals surface area (Å²) in [5.41, 5.74) is 1.63. The number of hydrogen-bond donors (Lipinski definition) is 2. The number of nitrogens with one attached hydrogen (secondary N) is 2. The Morgan fingerprint density at radius 2 is 1.76 bits per heavy atom. The fourth-order valence-electron chi connectivity index (χ4n) is 3.43. The number of piperazine rings is 1. The highest BCUT2D eigenvalue weighted by atomic mass is 32.2. The number of ether oxygens (including phenoxy) is 1. The van der Waals surface area contributed by atoms with Gasteiger partial charge in [0.15, 0.2) is 0 Å². The summed E-state index contributed by atoms with van der Waals surface area (Å²) in [5.74, 6) is -1.12. The van der Waals surface area contributed by atoms with E-state index in [1.165, 1.54) is 12.0 Å². The molecule has 1 aliphatic heterocycles. The maximum atomic E-state index is 13.3. The van der Waals surface area contributed by atoms with Crippen molar-refractivity contribution in [2.45, 2.75) is 17.9 Å². The van der Waals surface area contributed by atoms with Crippen molar-refractivity contribution in [3.63, 3.8) is 0 Å². The van der Waals surface area contributed by atoms with Crippen molar-refractivity contribution in [2.24, 2.45) is 0 Å². The van der Waals surface area contributed by atoms with Crippen LogP contribution >= 0.6 is 0 Å². The quantitative estimate of drug-likeness (QED) is 0.590. The minimum absolute atomic E-state index is 0.0833. The van der Waals surface area contributed by atoms with Gasteiger partial charge < -0.3 is 20.3 Å². The van der Waals surface area contributed by atoms with Gasteiger partial charge in [0, 0.05) is 39.0 Å². The third kappa shape index (κ3) is 6.06. The van der Waals surface area contributed by atoms with Crippen LogP contribution in [0.1, 0.15) is 5.56 Å². The van der Waals surface area contributed by atoms with Crippen LogP contribution in [0.4, 0.5) is 14.9 Å². The van der Waals surface area contributed by atoms with E-state index in [1.54, 1.807) is 12.1 Å². The molecular weight excluding hydrogens is 451 g/mol. The van der Waals surface area contributed by atoms with Crippen LogP contribution in [0.25, 0.3) is 0 Å².